The fraction of sp³-hybridized carbons (Fsp3) is 0.235. The van der Waals surface area contributed by atoms with E-state index >= 15 is 0 Å². The molecule has 3 rings (SSSR count). The van der Waals surface area contributed by atoms with Gasteiger partial charge in [0.1, 0.15) is 12.2 Å². The van der Waals surface area contributed by atoms with E-state index in [2.05, 4.69) is 15.1 Å². The van der Waals surface area contributed by atoms with E-state index in [9.17, 15) is 13.2 Å². The first-order chi connectivity index (χ1) is 12.3. The van der Waals surface area contributed by atoms with Gasteiger partial charge in [-0.05, 0) is 36.2 Å². The molecular formula is C17H14ClF3N4O. The van der Waals surface area contributed by atoms with Gasteiger partial charge in [0, 0.05) is 16.8 Å². The topological polar surface area (TPSA) is 52.8 Å². The lowest BCUT2D eigenvalue weighted by molar-refractivity contribution is -0.154. The fourth-order valence-corrected chi connectivity index (χ4v) is 2.55. The summed E-state index contributed by atoms with van der Waals surface area (Å²) in [6.07, 6.45) is -1.43. The van der Waals surface area contributed by atoms with Gasteiger partial charge in [-0.15, -0.1) is 0 Å². The van der Waals surface area contributed by atoms with Gasteiger partial charge in [0.05, 0.1) is 6.54 Å². The lowest BCUT2D eigenvalue weighted by Gasteiger charge is -2.14. The average molecular weight is 383 g/mol. The quantitative estimate of drug-likeness (QED) is 0.660. The van der Waals surface area contributed by atoms with Crippen molar-refractivity contribution in [1.29, 1.82) is 0 Å². The Morgan fingerprint density at radius 1 is 1.19 bits per heavy atom. The Labute approximate surface area is 152 Å². The Hall–Kier alpha value is -2.61. The molecule has 0 N–H and O–H groups in total. The van der Waals surface area contributed by atoms with E-state index in [4.69, 9.17) is 16.3 Å². The first kappa shape index (κ1) is 18.2. The number of ether oxygens (including phenoxy) is 1. The van der Waals surface area contributed by atoms with Gasteiger partial charge in [0.25, 0.3) is 0 Å². The highest BCUT2D eigenvalue weighted by atomic mass is 35.5. The molecule has 0 saturated heterocycles. The molecule has 0 aliphatic heterocycles. The van der Waals surface area contributed by atoms with Crippen molar-refractivity contribution >= 4 is 11.6 Å². The minimum atomic E-state index is -4.45. The summed E-state index contributed by atoms with van der Waals surface area (Å²) in [5, 5.41) is 4.65. The van der Waals surface area contributed by atoms with Crippen molar-refractivity contribution in [2.75, 3.05) is 6.61 Å². The second-order valence-electron chi connectivity index (χ2n) is 5.60. The third-order valence-electron chi connectivity index (χ3n) is 3.41. The Kier molecular flexibility index (Phi) is 5.13. The number of halogens is 4. The van der Waals surface area contributed by atoms with Crippen molar-refractivity contribution in [2.45, 2.75) is 19.6 Å². The second kappa shape index (κ2) is 7.33. The zero-order valence-electron chi connectivity index (χ0n) is 13.7. The molecule has 0 aliphatic carbocycles. The lowest BCUT2D eigenvalue weighted by Crippen LogP contribution is -2.20. The number of nitrogens with zero attached hydrogens (tertiary/aromatic N) is 4. The summed E-state index contributed by atoms with van der Waals surface area (Å²) in [4.78, 5) is 8.11. The van der Waals surface area contributed by atoms with Crippen LogP contribution in [0.4, 0.5) is 13.2 Å². The first-order valence-corrected chi connectivity index (χ1v) is 7.98. The van der Waals surface area contributed by atoms with Crippen LogP contribution in [-0.2, 0) is 6.54 Å². The van der Waals surface area contributed by atoms with Crippen LogP contribution in [-0.4, -0.2) is 32.5 Å². The molecule has 0 spiro atoms. The third kappa shape index (κ3) is 4.72. The SMILES string of the molecule is Cc1ncn(Cc2cnc(OCC(F)(F)F)c(-c3cccc(Cl)c3)c2)n1. The van der Waals surface area contributed by atoms with Gasteiger partial charge in [-0.25, -0.2) is 14.6 Å². The Bertz CT molecular complexity index is 911. The van der Waals surface area contributed by atoms with Crippen LogP contribution in [0.2, 0.25) is 5.02 Å². The largest absolute Gasteiger partial charge is 0.468 e. The van der Waals surface area contributed by atoms with Crippen LogP contribution in [0, 0.1) is 6.92 Å². The van der Waals surface area contributed by atoms with E-state index in [1.165, 1.54) is 6.20 Å². The first-order valence-electron chi connectivity index (χ1n) is 7.60. The smallest absolute Gasteiger partial charge is 0.422 e. The van der Waals surface area contributed by atoms with Crippen molar-refractivity contribution in [1.82, 2.24) is 19.7 Å². The molecule has 0 aliphatic rings. The maximum Gasteiger partial charge on any atom is 0.422 e. The van der Waals surface area contributed by atoms with E-state index in [1.807, 2.05) is 0 Å². The maximum absolute atomic E-state index is 12.5. The van der Waals surface area contributed by atoms with Gasteiger partial charge in [-0.1, -0.05) is 23.7 Å². The minimum absolute atomic E-state index is 0.108. The molecule has 26 heavy (non-hydrogen) atoms. The third-order valence-corrected chi connectivity index (χ3v) is 3.65. The molecule has 0 bridgehead atoms. The molecule has 3 aromatic rings. The van der Waals surface area contributed by atoms with Crippen molar-refractivity contribution in [3.05, 3.63) is 59.3 Å². The molecule has 9 heteroatoms. The van der Waals surface area contributed by atoms with Crippen LogP contribution in [0.1, 0.15) is 11.4 Å². The number of hydrogen-bond donors (Lipinski definition) is 0. The highest BCUT2D eigenvalue weighted by Gasteiger charge is 2.29. The average Bonchev–Trinajstić information content (AvgIpc) is 2.98. The van der Waals surface area contributed by atoms with Gasteiger partial charge < -0.3 is 4.74 Å². The molecule has 2 heterocycles. The van der Waals surface area contributed by atoms with Gasteiger partial charge in [0.15, 0.2) is 6.61 Å². The van der Waals surface area contributed by atoms with E-state index < -0.39 is 12.8 Å². The number of benzene rings is 1. The summed E-state index contributed by atoms with van der Waals surface area (Å²) in [6, 6.07) is 8.46. The van der Waals surface area contributed by atoms with Crippen LogP contribution in [0.3, 0.4) is 0 Å². The standard InChI is InChI=1S/C17H14ClF3N4O/c1-11-23-10-25(24-11)8-12-5-15(13-3-2-4-14(18)6-13)16(22-7-12)26-9-17(19,20)21/h2-7,10H,8-9H2,1H3. The minimum Gasteiger partial charge on any atom is -0.468 e. The van der Waals surface area contributed by atoms with Crippen LogP contribution in [0.25, 0.3) is 11.1 Å². The molecule has 0 saturated carbocycles. The molecule has 0 amide bonds. The summed E-state index contributed by atoms with van der Waals surface area (Å²) >= 11 is 6.01. The Morgan fingerprint density at radius 2 is 2.00 bits per heavy atom. The van der Waals surface area contributed by atoms with E-state index in [-0.39, 0.29) is 5.88 Å². The highest BCUT2D eigenvalue weighted by molar-refractivity contribution is 6.30. The van der Waals surface area contributed by atoms with Crippen LogP contribution in [0.15, 0.2) is 42.9 Å². The van der Waals surface area contributed by atoms with Crippen molar-refractivity contribution in [3.8, 4) is 17.0 Å². The molecule has 1 aromatic carbocycles. The monoisotopic (exact) mass is 382 g/mol. The van der Waals surface area contributed by atoms with E-state index in [0.29, 0.717) is 28.5 Å². The number of aromatic nitrogens is 4. The van der Waals surface area contributed by atoms with Crippen molar-refractivity contribution < 1.29 is 17.9 Å². The van der Waals surface area contributed by atoms with Gasteiger partial charge >= 0.3 is 6.18 Å². The number of hydrogen-bond acceptors (Lipinski definition) is 4. The van der Waals surface area contributed by atoms with Gasteiger partial charge in [-0.2, -0.15) is 18.3 Å². The van der Waals surface area contributed by atoms with E-state index in [0.717, 1.165) is 5.56 Å². The zero-order chi connectivity index (χ0) is 18.7. The van der Waals surface area contributed by atoms with Gasteiger partial charge in [0.2, 0.25) is 5.88 Å². The Morgan fingerprint density at radius 3 is 2.65 bits per heavy atom. The molecule has 0 atom stereocenters. The summed E-state index contributed by atoms with van der Waals surface area (Å²) < 4.78 is 44.1. The fourth-order valence-electron chi connectivity index (χ4n) is 2.36. The summed E-state index contributed by atoms with van der Waals surface area (Å²) in [7, 11) is 0. The summed E-state index contributed by atoms with van der Waals surface area (Å²) in [5.74, 6) is 0.515. The van der Waals surface area contributed by atoms with Crippen LogP contribution in [0.5, 0.6) is 5.88 Å². The molecule has 0 radical (unpaired) electrons. The zero-order valence-corrected chi connectivity index (χ0v) is 14.4. The van der Waals surface area contributed by atoms with Crippen molar-refractivity contribution in [2.24, 2.45) is 0 Å². The summed E-state index contributed by atoms with van der Waals surface area (Å²) in [5.41, 5.74) is 1.77. The van der Waals surface area contributed by atoms with E-state index in [1.54, 1.807) is 48.3 Å². The number of aryl methyl sites for hydroxylation is 1. The van der Waals surface area contributed by atoms with Gasteiger partial charge in [-0.3, -0.25) is 0 Å². The highest BCUT2D eigenvalue weighted by Crippen LogP contribution is 2.32. The molecular weight excluding hydrogens is 369 g/mol. The summed E-state index contributed by atoms with van der Waals surface area (Å²) in [6.45, 7) is 0.719. The van der Waals surface area contributed by atoms with Crippen molar-refractivity contribution in [3.63, 3.8) is 0 Å². The maximum atomic E-state index is 12.5. The van der Waals surface area contributed by atoms with Crippen LogP contribution >= 0.6 is 11.6 Å². The lowest BCUT2D eigenvalue weighted by atomic mass is 10.1. The number of alkyl halides is 3. The van der Waals surface area contributed by atoms with Crippen LogP contribution < -0.4 is 4.74 Å². The number of pyridine rings is 1. The molecule has 136 valence electrons. The molecule has 2 aromatic heterocycles. The molecule has 0 fully saturated rings. The second-order valence-corrected chi connectivity index (χ2v) is 6.04. The predicted molar refractivity (Wildman–Crippen MR) is 90.1 cm³/mol. The predicted octanol–water partition coefficient (Wildman–Crippen LogP) is 4.29. The normalized spacial score (nSPS) is 11.6. The Balaban J connectivity index is 1.96. The molecule has 0 unspecified atom stereocenters. The molecule has 5 nitrogen and oxygen atoms in total. The number of rotatable bonds is 5.